The van der Waals surface area contributed by atoms with E-state index < -0.39 is 0 Å². The van der Waals surface area contributed by atoms with Crippen LogP contribution in [0, 0.1) is 0 Å². The number of thiophene rings is 1. The van der Waals surface area contributed by atoms with Crippen LogP contribution in [0.1, 0.15) is 4.88 Å². The van der Waals surface area contributed by atoms with Gasteiger partial charge < -0.3 is 10.6 Å². The third-order valence-corrected chi connectivity index (χ3v) is 2.29. The van der Waals surface area contributed by atoms with Gasteiger partial charge in [-0.05, 0) is 11.4 Å². The lowest BCUT2D eigenvalue weighted by Gasteiger charge is -2.03. The van der Waals surface area contributed by atoms with Crippen molar-refractivity contribution in [2.75, 3.05) is 6.54 Å². The van der Waals surface area contributed by atoms with Gasteiger partial charge in [-0.3, -0.25) is 0 Å². The van der Waals surface area contributed by atoms with E-state index in [-0.39, 0.29) is 6.03 Å². The summed E-state index contributed by atoms with van der Waals surface area (Å²) in [4.78, 5) is 12.2. The minimum Gasteiger partial charge on any atom is -0.335 e. The zero-order valence-corrected chi connectivity index (χ0v) is 8.06. The third-order valence-electron chi connectivity index (χ3n) is 1.41. The maximum atomic E-state index is 11.0. The molecule has 2 N–H and O–H groups in total. The second kappa shape index (κ2) is 5.37. The number of hydrogen-bond donors (Lipinski definition) is 2. The van der Waals surface area contributed by atoms with Crippen molar-refractivity contribution in [3.63, 3.8) is 0 Å². The SMILES string of the molecule is C=CCNC(=O)NCc1cccs1. The van der Waals surface area contributed by atoms with Gasteiger partial charge in [0.25, 0.3) is 0 Å². The lowest BCUT2D eigenvalue weighted by atomic mass is 10.5. The summed E-state index contributed by atoms with van der Waals surface area (Å²) in [5.74, 6) is 0. The van der Waals surface area contributed by atoms with E-state index in [1.807, 2.05) is 17.5 Å². The van der Waals surface area contributed by atoms with Gasteiger partial charge in [0.2, 0.25) is 0 Å². The van der Waals surface area contributed by atoms with Gasteiger partial charge in [-0.15, -0.1) is 17.9 Å². The Balaban J connectivity index is 2.19. The first-order chi connectivity index (χ1) is 6.33. The number of rotatable bonds is 4. The summed E-state index contributed by atoms with van der Waals surface area (Å²) in [7, 11) is 0. The lowest BCUT2D eigenvalue weighted by Crippen LogP contribution is -2.34. The highest BCUT2D eigenvalue weighted by Gasteiger charge is 1.97. The zero-order valence-electron chi connectivity index (χ0n) is 7.25. The fourth-order valence-corrected chi connectivity index (χ4v) is 1.45. The molecule has 0 saturated heterocycles. The van der Waals surface area contributed by atoms with Crippen molar-refractivity contribution in [3.8, 4) is 0 Å². The summed E-state index contributed by atoms with van der Waals surface area (Å²) in [6, 6.07) is 3.79. The molecular weight excluding hydrogens is 184 g/mol. The van der Waals surface area contributed by atoms with Gasteiger partial charge in [-0.25, -0.2) is 4.79 Å². The molecule has 0 unspecified atom stereocenters. The monoisotopic (exact) mass is 196 g/mol. The molecule has 2 amide bonds. The van der Waals surface area contributed by atoms with Crippen LogP contribution < -0.4 is 10.6 Å². The Kier molecular flexibility index (Phi) is 4.05. The van der Waals surface area contributed by atoms with Crippen LogP contribution in [0.5, 0.6) is 0 Å². The van der Waals surface area contributed by atoms with Crippen LogP contribution in [0.15, 0.2) is 30.2 Å². The fraction of sp³-hybridized carbons (Fsp3) is 0.222. The predicted molar refractivity (Wildman–Crippen MR) is 54.8 cm³/mol. The molecule has 1 rings (SSSR count). The lowest BCUT2D eigenvalue weighted by molar-refractivity contribution is 0.241. The molecule has 0 fully saturated rings. The third kappa shape index (κ3) is 3.75. The van der Waals surface area contributed by atoms with Crippen LogP contribution in [0.25, 0.3) is 0 Å². The summed E-state index contributed by atoms with van der Waals surface area (Å²) in [5, 5.41) is 7.35. The second-order valence-corrected chi connectivity index (χ2v) is 3.46. The van der Waals surface area contributed by atoms with E-state index in [0.717, 1.165) is 4.88 Å². The number of hydrogen-bond acceptors (Lipinski definition) is 2. The average Bonchev–Trinajstić information content (AvgIpc) is 2.64. The molecule has 0 aliphatic carbocycles. The Morgan fingerprint density at radius 1 is 1.62 bits per heavy atom. The number of carbonyl (C=O) groups excluding carboxylic acids is 1. The molecule has 0 spiro atoms. The molecule has 4 heteroatoms. The molecule has 1 heterocycles. The molecule has 0 radical (unpaired) electrons. The largest absolute Gasteiger partial charge is 0.335 e. The average molecular weight is 196 g/mol. The Bertz CT molecular complexity index is 269. The van der Waals surface area contributed by atoms with Crippen molar-refractivity contribution >= 4 is 17.4 Å². The molecule has 1 aromatic rings. The maximum Gasteiger partial charge on any atom is 0.315 e. The van der Waals surface area contributed by atoms with E-state index in [0.29, 0.717) is 13.1 Å². The van der Waals surface area contributed by atoms with Crippen molar-refractivity contribution in [2.45, 2.75) is 6.54 Å². The smallest absolute Gasteiger partial charge is 0.315 e. The van der Waals surface area contributed by atoms with Gasteiger partial charge in [0.05, 0.1) is 6.54 Å². The van der Waals surface area contributed by atoms with Gasteiger partial charge in [0.1, 0.15) is 0 Å². The second-order valence-electron chi connectivity index (χ2n) is 2.43. The molecule has 0 aliphatic heterocycles. The van der Waals surface area contributed by atoms with Gasteiger partial charge in [0, 0.05) is 11.4 Å². The van der Waals surface area contributed by atoms with E-state index in [1.165, 1.54) is 0 Å². The van der Waals surface area contributed by atoms with Gasteiger partial charge in [-0.2, -0.15) is 0 Å². The maximum absolute atomic E-state index is 11.0. The fourth-order valence-electron chi connectivity index (χ4n) is 0.808. The standard InChI is InChI=1S/C9H12N2OS/c1-2-5-10-9(12)11-7-8-4-3-6-13-8/h2-4,6H,1,5,7H2,(H2,10,11,12). The molecule has 70 valence electrons. The van der Waals surface area contributed by atoms with Crippen LogP contribution in [0.4, 0.5) is 4.79 Å². The summed E-state index contributed by atoms with van der Waals surface area (Å²) in [5.41, 5.74) is 0. The number of carbonyl (C=O) groups is 1. The van der Waals surface area contributed by atoms with Crippen molar-refractivity contribution in [2.24, 2.45) is 0 Å². The Hall–Kier alpha value is -1.29. The Morgan fingerprint density at radius 2 is 2.46 bits per heavy atom. The minimum atomic E-state index is -0.159. The number of nitrogens with one attached hydrogen (secondary N) is 2. The first-order valence-corrected chi connectivity index (χ1v) is 4.86. The molecule has 0 atom stereocenters. The van der Waals surface area contributed by atoms with Gasteiger partial charge >= 0.3 is 6.03 Å². The molecule has 0 aromatic carbocycles. The van der Waals surface area contributed by atoms with Crippen molar-refractivity contribution in [1.29, 1.82) is 0 Å². The normalized spacial score (nSPS) is 9.23. The molecule has 13 heavy (non-hydrogen) atoms. The van der Waals surface area contributed by atoms with Crippen molar-refractivity contribution < 1.29 is 4.79 Å². The number of amides is 2. The highest BCUT2D eigenvalue weighted by molar-refractivity contribution is 7.09. The minimum absolute atomic E-state index is 0.159. The Morgan fingerprint density at radius 3 is 3.08 bits per heavy atom. The van der Waals surface area contributed by atoms with Crippen LogP contribution in [0.3, 0.4) is 0 Å². The summed E-state index contributed by atoms with van der Waals surface area (Å²) in [6.45, 7) is 4.58. The van der Waals surface area contributed by atoms with Crippen LogP contribution in [-0.4, -0.2) is 12.6 Å². The first kappa shape index (κ1) is 9.80. The molecule has 3 nitrogen and oxygen atoms in total. The summed E-state index contributed by atoms with van der Waals surface area (Å²) in [6.07, 6.45) is 1.64. The van der Waals surface area contributed by atoms with Gasteiger partial charge in [0.15, 0.2) is 0 Å². The molecule has 1 aromatic heterocycles. The highest BCUT2D eigenvalue weighted by Crippen LogP contribution is 2.06. The van der Waals surface area contributed by atoms with E-state index >= 15 is 0 Å². The van der Waals surface area contributed by atoms with E-state index in [2.05, 4.69) is 17.2 Å². The molecule has 0 saturated carbocycles. The molecular formula is C9H12N2OS. The van der Waals surface area contributed by atoms with E-state index in [4.69, 9.17) is 0 Å². The van der Waals surface area contributed by atoms with Gasteiger partial charge in [-0.1, -0.05) is 12.1 Å². The first-order valence-electron chi connectivity index (χ1n) is 3.98. The number of urea groups is 1. The highest BCUT2D eigenvalue weighted by atomic mass is 32.1. The van der Waals surface area contributed by atoms with Crippen LogP contribution in [-0.2, 0) is 6.54 Å². The van der Waals surface area contributed by atoms with E-state index in [1.54, 1.807) is 17.4 Å². The summed E-state index contributed by atoms with van der Waals surface area (Å²) >= 11 is 1.63. The van der Waals surface area contributed by atoms with E-state index in [9.17, 15) is 4.79 Å². The quantitative estimate of drug-likeness (QED) is 0.707. The predicted octanol–water partition coefficient (Wildman–Crippen LogP) is 1.73. The van der Waals surface area contributed by atoms with Crippen LogP contribution in [0.2, 0.25) is 0 Å². The van der Waals surface area contributed by atoms with Crippen molar-refractivity contribution in [1.82, 2.24) is 10.6 Å². The zero-order chi connectivity index (χ0) is 9.52. The molecule has 0 aliphatic rings. The van der Waals surface area contributed by atoms with Crippen LogP contribution >= 0.6 is 11.3 Å². The Labute approximate surface area is 81.5 Å². The van der Waals surface area contributed by atoms with Crippen molar-refractivity contribution in [3.05, 3.63) is 35.0 Å². The summed E-state index contributed by atoms with van der Waals surface area (Å²) < 4.78 is 0. The molecule has 0 bridgehead atoms. The topological polar surface area (TPSA) is 41.1 Å².